The lowest BCUT2D eigenvalue weighted by Gasteiger charge is -2.23. The molecule has 3 nitrogen and oxygen atoms in total. The van der Waals surface area contributed by atoms with Crippen LogP contribution in [0.2, 0.25) is 0 Å². The summed E-state index contributed by atoms with van der Waals surface area (Å²) >= 11 is 0. The maximum absolute atomic E-state index is 11.1. The summed E-state index contributed by atoms with van der Waals surface area (Å²) in [6.45, 7) is 7.44. The maximum Gasteiger partial charge on any atom is 0.287 e. The largest absolute Gasteiger partial charge is 0.345 e. The van der Waals surface area contributed by atoms with E-state index in [1.165, 1.54) is 0 Å². The summed E-state index contributed by atoms with van der Waals surface area (Å²) in [5.41, 5.74) is -0.276. The van der Waals surface area contributed by atoms with Gasteiger partial charge < -0.3 is 5.32 Å². The van der Waals surface area contributed by atoms with Crippen molar-refractivity contribution in [2.24, 2.45) is 0 Å². The Balaban J connectivity index is 4.09. The zero-order chi connectivity index (χ0) is 9.78. The molecule has 70 valence electrons. The van der Waals surface area contributed by atoms with Gasteiger partial charge >= 0.3 is 0 Å². The number of ketones is 1. The van der Waals surface area contributed by atoms with Gasteiger partial charge in [0.25, 0.3) is 5.91 Å². The summed E-state index contributed by atoms with van der Waals surface area (Å²) < 4.78 is 0. The Labute approximate surface area is 73.5 Å². The highest BCUT2D eigenvalue weighted by Gasteiger charge is 2.20. The number of carbonyl (C=O) groups excluding carboxylic acids is 2. The summed E-state index contributed by atoms with van der Waals surface area (Å²) in [5, 5.41) is 2.67. The third kappa shape index (κ3) is 3.51. The van der Waals surface area contributed by atoms with E-state index in [0.29, 0.717) is 0 Å². The Bertz CT molecular complexity index is 185. The van der Waals surface area contributed by atoms with E-state index in [1.54, 1.807) is 6.92 Å². The van der Waals surface area contributed by atoms with Crippen molar-refractivity contribution in [3.05, 3.63) is 0 Å². The minimum atomic E-state index is -0.468. The minimum absolute atomic E-state index is 0.269. The minimum Gasteiger partial charge on any atom is -0.345 e. The average molecular weight is 171 g/mol. The van der Waals surface area contributed by atoms with Gasteiger partial charge in [0.2, 0.25) is 5.78 Å². The van der Waals surface area contributed by atoms with E-state index in [4.69, 9.17) is 0 Å². The second kappa shape index (κ2) is 4.24. The van der Waals surface area contributed by atoms with Gasteiger partial charge in [-0.1, -0.05) is 13.8 Å². The van der Waals surface area contributed by atoms with Gasteiger partial charge in [-0.2, -0.15) is 0 Å². The Hall–Kier alpha value is -0.860. The third-order valence-electron chi connectivity index (χ3n) is 1.91. The molecule has 0 aromatic heterocycles. The molecule has 0 saturated heterocycles. The van der Waals surface area contributed by atoms with Crippen LogP contribution in [0.1, 0.15) is 40.5 Å². The molecule has 12 heavy (non-hydrogen) atoms. The lowest BCUT2D eigenvalue weighted by atomic mass is 10.0. The summed E-state index contributed by atoms with van der Waals surface area (Å²) in [6, 6.07) is 0. The molecule has 0 heterocycles. The number of nitrogens with one attached hydrogen (secondary N) is 1. The van der Waals surface area contributed by atoms with E-state index in [2.05, 4.69) is 5.32 Å². The fourth-order valence-electron chi connectivity index (χ4n) is 0.626. The first-order valence-electron chi connectivity index (χ1n) is 4.28. The molecule has 0 atom stereocenters. The second-order valence-electron chi connectivity index (χ2n) is 3.47. The van der Waals surface area contributed by atoms with Crippen molar-refractivity contribution >= 4 is 11.7 Å². The number of hydrogen-bond donors (Lipinski definition) is 1. The molecule has 0 aromatic rings. The van der Waals surface area contributed by atoms with Crippen LogP contribution in [0.5, 0.6) is 0 Å². The molecule has 0 bridgehead atoms. The van der Waals surface area contributed by atoms with E-state index in [0.717, 1.165) is 6.42 Å². The summed E-state index contributed by atoms with van der Waals surface area (Å²) in [6.07, 6.45) is 1.08. The normalized spacial score (nSPS) is 11.0. The van der Waals surface area contributed by atoms with Crippen LogP contribution in [0.15, 0.2) is 0 Å². The highest BCUT2D eigenvalue weighted by Crippen LogP contribution is 2.06. The van der Waals surface area contributed by atoms with E-state index >= 15 is 0 Å². The van der Waals surface area contributed by atoms with Crippen molar-refractivity contribution < 1.29 is 9.59 Å². The smallest absolute Gasteiger partial charge is 0.287 e. The first kappa shape index (κ1) is 11.1. The molecule has 0 aliphatic heterocycles. The van der Waals surface area contributed by atoms with Gasteiger partial charge in [0.05, 0.1) is 0 Å². The molecule has 0 aliphatic carbocycles. The van der Waals surface area contributed by atoms with Crippen molar-refractivity contribution in [1.82, 2.24) is 5.32 Å². The molecule has 0 unspecified atom stereocenters. The Morgan fingerprint density at radius 2 is 1.75 bits per heavy atom. The Morgan fingerprint density at radius 3 is 2.08 bits per heavy atom. The predicted molar refractivity (Wildman–Crippen MR) is 47.8 cm³/mol. The van der Waals surface area contributed by atoms with Gasteiger partial charge in [-0.25, -0.2) is 0 Å². The SMILES string of the molecule is CCC(=O)C(=O)NC(C)(C)CC. The average Bonchev–Trinajstić information content (AvgIpc) is 2.02. The van der Waals surface area contributed by atoms with E-state index in [-0.39, 0.29) is 17.7 Å². The second-order valence-corrected chi connectivity index (χ2v) is 3.47. The number of carbonyl (C=O) groups is 2. The monoisotopic (exact) mass is 171 g/mol. The molecule has 0 rings (SSSR count). The van der Waals surface area contributed by atoms with Crippen molar-refractivity contribution in [2.45, 2.75) is 46.1 Å². The standard InChI is InChI=1S/C9H17NO2/c1-5-7(11)8(12)10-9(3,4)6-2/h5-6H2,1-4H3,(H,10,12). The molecule has 0 aliphatic rings. The zero-order valence-electron chi connectivity index (χ0n) is 8.23. The molecule has 1 N–H and O–H groups in total. The Kier molecular flexibility index (Phi) is 3.93. The summed E-state index contributed by atoms with van der Waals surface area (Å²) in [5.74, 6) is -0.819. The van der Waals surface area contributed by atoms with E-state index in [9.17, 15) is 9.59 Å². The van der Waals surface area contributed by atoms with Crippen molar-refractivity contribution in [3.8, 4) is 0 Å². The molecule has 0 radical (unpaired) electrons. The van der Waals surface area contributed by atoms with Gasteiger partial charge in [-0.15, -0.1) is 0 Å². The van der Waals surface area contributed by atoms with Crippen LogP contribution in [0.4, 0.5) is 0 Å². The van der Waals surface area contributed by atoms with Gasteiger partial charge in [-0.05, 0) is 20.3 Å². The molecular weight excluding hydrogens is 154 g/mol. The predicted octanol–water partition coefficient (Wildman–Crippen LogP) is 1.27. The highest BCUT2D eigenvalue weighted by molar-refractivity contribution is 6.36. The topological polar surface area (TPSA) is 46.2 Å². The van der Waals surface area contributed by atoms with Crippen LogP contribution < -0.4 is 5.32 Å². The van der Waals surface area contributed by atoms with Gasteiger partial charge in [-0.3, -0.25) is 9.59 Å². The quantitative estimate of drug-likeness (QED) is 0.647. The van der Waals surface area contributed by atoms with Gasteiger partial charge in [0, 0.05) is 12.0 Å². The lowest BCUT2D eigenvalue weighted by molar-refractivity contribution is -0.138. The van der Waals surface area contributed by atoms with Gasteiger partial charge in [0.1, 0.15) is 0 Å². The number of amides is 1. The number of hydrogen-bond acceptors (Lipinski definition) is 2. The lowest BCUT2D eigenvalue weighted by Crippen LogP contribution is -2.45. The van der Waals surface area contributed by atoms with Gasteiger partial charge in [0.15, 0.2) is 0 Å². The molecule has 0 saturated carbocycles. The highest BCUT2D eigenvalue weighted by atomic mass is 16.2. The van der Waals surface area contributed by atoms with E-state index in [1.807, 2.05) is 20.8 Å². The van der Waals surface area contributed by atoms with E-state index < -0.39 is 5.91 Å². The van der Waals surface area contributed by atoms with Crippen LogP contribution in [0, 0.1) is 0 Å². The third-order valence-corrected chi connectivity index (χ3v) is 1.91. The molecular formula is C9H17NO2. The first-order chi connectivity index (χ1) is 5.43. The maximum atomic E-state index is 11.1. The van der Waals surface area contributed by atoms with Crippen LogP contribution in [0.3, 0.4) is 0 Å². The van der Waals surface area contributed by atoms with Crippen molar-refractivity contribution in [3.63, 3.8) is 0 Å². The summed E-state index contributed by atoms with van der Waals surface area (Å²) in [4.78, 5) is 22.0. The van der Waals surface area contributed by atoms with Crippen LogP contribution in [0.25, 0.3) is 0 Å². The number of rotatable bonds is 4. The van der Waals surface area contributed by atoms with Crippen molar-refractivity contribution in [2.75, 3.05) is 0 Å². The number of Topliss-reactive ketones (excluding diaryl/α,β-unsaturated/α-hetero) is 1. The molecule has 3 heteroatoms. The van der Waals surface area contributed by atoms with Crippen LogP contribution in [-0.2, 0) is 9.59 Å². The molecule has 0 fully saturated rings. The molecule has 0 aromatic carbocycles. The van der Waals surface area contributed by atoms with Crippen LogP contribution >= 0.6 is 0 Å². The fourth-order valence-corrected chi connectivity index (χ4v) is 0.626. The Morgan fingerprint density at radius 1 is 1.25 bits per heavy atom. The molecule has 0 spiro atoms. The van der Waals surface area contributed by atoms with Crippen LogP contribution in [-0.4, -0.2) is 17.2 Å². The zero-order valence-corrected chi connectivity index (χ0v) is 8.23. The fraction of sp³-hybridized carbons (Fsp3) is 0.778. The summed E-state index contributed by atoms with van der Waals surface area (Å²) in [7, 11) is 0. The van der Waals surface area contributed by atoms with Crippen molar-refractivity contribution in [1.29, 1.82) is 0 Å². The first-order valence-corrected chi connectivity index (χ1v) is 4.28. The molecule has 1 amide bonds.